The van der Waals surface area contributed by atoms with Crippen molar-refractivity contribution < 1.29 is 19.4 Å². The summed E-state index contributed by atoms with van der Waals surface area (Å²) in [6.07, 6.45) is 5.66. The molecule has 0 aromatic heterocycles. The molecule has 130 valence electrons. The van der Waals surface area contributed by atoms with E-state index in [1.54, 1.807) is 0 Å². The average Bonchev–Trinajstić information content (AvgIpc) is 2.34. The second-order valence-corrected chi connectivity index (χ2v) is 7.20. The molecule has 0 aliphatic rings. The minimum atomic E-state index is -0.957. The first-order valence-electron chi connectivity index (χ1n) is 8.64. The molecule has 0 rings (SSSR count). The Morgan fingerprint density at radius 1 is 1.00 bits per heavy atom. The Balaban J connectivity index is 4.96. The maximum absolute atomic E-state index is 12.1. The number of aliphatic carboxylic acids is 1. The highest BCUT2D eigenvalue weighted by Gasteiger charge is 2.35. The van der Waals surface area contributed by atoms with Crippen molar-refractivity contribution in [1.82, 2.24) is 0 Å². The van der Waals surface area contributed by atoms with Crippen LogP contribution in [-0.2, 0) is 14.3 Å². The summed E-state index contributed by atoms with van der Waals surface area (Å²) in [5, 5.41) is 8.72. The second-order valence-electron chi connectivity index (χ2n) is 7.20. The summed E-state index contributed by atoms with van der Waals surface area (Å²) < 4.78 is 5.85. The number of carbonyl (C=O) groups is 2. The van der Waals surface area contributed by atoms with Crippen molar-refractivity contribution in [2.75, 3.05) is 0 Å². The number of unbranched alkanes of at least 4 members (excludes halogenated alkanes) is 2. The largest absolute Gasteiger partial charge is 0.481 e. The first-order valence-corrected chi connectivity index (χ1v) is 8.64. The summed E-state index contributed by atoms with van der Waals surface area (Å²) >= 11 is 0. The Bertz CT molecular complexity index is 324. The lowest BCUT2D eigenvalue weighted by molar-refractivity contribution is -0.166. The highest BCUT2D eigenvalue weighted by atomic mass is 16.6. The molecule has 1 N–H and O–H groups in total. The van der Waals surface area contributed by atoms with Crippen molar-refractivity contribution in [2.45, 2.75) is 91.6 Å². The van der Waals surface area contributed by atoms with E-state index >= 15 is 0 Å². The lowest BCUT2D eigenvalue weighted by atomic mass is 9.81. The van der Waals surface area contributed by atoms with E-state index < -0.39 is 11.6 Å². The third kappa shape index (κ3) is 9.80. The van der Waals surface area contributed by atoms with E-state index in [9.17, 15) is 9.59 Å². The fourth-order valence-electron chi connectivity index (χ4n) is 3.11. The van der Waals surface area contributed by atoms with Gasteiger partial charge in [0.05, 0.1) is 12.8 Å². The normalized spacial score (nSPS) is 12.0. The van der Waals surface area contributed by atoms with Crippen LogP contribution in [-0.4, -0.2) is 22.6 Å². The molecule has 0 aliphatic carbocycles. The lowest BCUT2D eigenvalue weighted by Crippen LogP contribution is -2.38. The summed E-state index contributed by atoms with van der Waals surface area (Å²) in [6, 6.07) is 0. The van der Waals surface area contributed by atoms with Gasteiger partial charge < -0.3 is 9.84 Å². The Labute approximate surface area is 135 Å². The first kappa shape index (κ1) is 20.9. The molecule has 4 heteroatoms. The predicted octanol–water partition coefficient (Wildman–Crippen LogP) is 4.81. The highest BCUT2D eigenvalue weighted by molar-refractivity contribution is 5.76. The van der Waals surface area contributed by atoms with Crippen LogP contribution in [0.2, 0.25) is 0 Å². The van der Waals surface area contributed by atoms with Gasteiger partial charge in [0.1, 0.15) is 5.60 Å². The zero-order valence-corrected chi connectivity index (χ0v) is 15.0. The SMILES string of the molecule is CCCCCC(CC(C)C)(CC(C)C)OC(=O)CCC(=O)O. The van der Waals surface area contributed by atoms with Crippen LogP contribution in [0.15, 0.2) is 0 Å². The molecular weight excluding hydrogens is 280 g/mol. The van der Waals surface area contributed by atoms with Gasteiger partial charge in [-0.3, -0.25) is 9.59 Å². The summed E-state index contributed by atoms with van der Waals surface area (Å²) in [4.78, 5) is 22.7. The minimum Gasteiger partial charge on any atom is -0.481 e. The van der Waals surface area contributed by atoms with Gasteiger partial charge in [0.15, 0.2) is 0 Å². The van der Waals surface area contributed by atoms with Crippen molar-refractivity contribution in [3.05, 3.63) is 0 Å². The van der Waals surface area contributed by atoms with Gasteiger partial charge in [-0.05, 0) is 37.5 Å². The summed E-state index contributed by atoms with van der Waals surface area (Å²) in [5.41, 5.74) is -0.437. The zero-order chi connectivity index (χ0) is 17.2. The van der Waals surface area contributed by atoms with Crippen molar-refractivity contribution in [1.29, 1.82) is 0 Å². The predicted molar refractivity (Wildman–Crippen MR) is 88.7 cm³/mol. The lowest BCUT2D eigenvalue weighted by Gasteiger charge is -2.37. The molecule has 0 saturated heterocycles. The van der Waals surface area contributed by atoms with Crippen LogP contribution in [0, 0.1) is 11.8 Å². The van der Waals surface area contributed by atoms with Gasteiger partial charge in [-0.1, -0.05) is 47.5 Å². The number of hydrogen-bond acceptors (Lipinski definition) is 3. The Morgan fingerprint density at radius 2 is 1.55 bits per heavy atom. The number of esters is 1. The highest BCUT2D eigenvalue weighted by Crippen LogP contribution is 2.34. The molecule has 0 atom stereocenters. The van der Waals surface area contributed by atoms with Gasteiger partial charge in [-0.25, -0.2) is 0 Å². The van der Waals surface area contributed by atoms with E-state index in [4.69, 9.17) is 9.84 Å². The molecule has 0 aromatic carbocycles. The molecule has 4 nitrogen and oxygen atoms in total. The van der Waals surface area contributed by atoms with Gasteiger partial charge in [0.2, 0.25) is 0 Å². The fraction of sp³-hybridized carbons (Fsp3) is 0.889. The Morgan fingerprint density at radius 3 is 1.95 bits per heavy atom. The van der Waals surface area contributed by atoms with Crippen LogP contribution in [0.25, 0.3) is 0 Å². The number of carbonyl (C=O) groups excluding carboxylic acids is 1. The van der Waals surface area contributed by atoms with Crippen LogP contribution in [0.3, 0.4) is 0 Å². The standard InChI is InChI=1S/C18H34O4/c1-6-7-8-11-18(12-14(2)3,13-15(4)5)22-17(21)10-9-16(19)20/h14-15H,6-13H2,1-5H3,(H,19,20). The van der Waals surface area contributed by atoms with Crippen molar-refractivity contribution in [2.24, 2.45) is 11.8 Å². The molecule has 0 radical (unpaired) electrons. The number of ether oxygens (including phenoxy) is 1. The molecule has 0 aromatic rings. The number of carboxylic acid groups (broad SMARTS) is 1. The number of rotatable bonds is 12. The minimum absolute atomic E-state index is 0.0406. The van der Waals surface area contributed by atoms with Crippen molar-refractivity contribution in [3.8, 4) is 0 Å². The number of carboxylic acids is 1. The Hall–Kier alpha value is -1.06. The maximum Gasteiger partial charge on any atom is 0.306 e. The molecule has 0 fully saturated rings. The van der Waals surface area contributed by atoms with E-state index in [2.05, 4.69) is 34.6 Å². The molecule has 22 heavy (non-hydrogen) atoms. The van der Waals surface area contributed by atoms with Crippen molar-refractivity contribution in [3.63, 3.8) is 0 Å². The van der Waals surface area contributed by atoms with E-state index in [0.717, 1.165) is 38.5 Å². The number of hydrogen-bond donors (Lipinski definition) is 1. The molecule has 0 saturated carbocycles. The molecular formula is C18H34O4. The van der Waals surface area contributed by atoms with Gasteiger partial charge in [-0.2, -0.15) is 0 Å². The first-order chi connectivity index (χ1) is 10.2. The van der Waals surface area contributed by atoms with Crippen molar-refractivity contribution >= 4 is 11.9 Å². The zero-order valence-electron chi connectivity index (χ0n) is 15.0. The molecule has 0 spiro atoms. The average molecular weight is 314 g/mol. The third-order valence-electron chi connectivity index (χ3n) is 3.67. The van der Waals surface area contributed by atoms with E-state index in [0.29, 0.717) is 11.8 Å². The van der Waals surface area contributed by atoms with E-state index in [-0.39, 0.29) is 18.8 Å². The summed E-state index contributed by atoms with van der Waals surface area (Å²) in [7, 11) is 0. The smallest absolute Gasteiger partial charge is 0.306 e. The van der Waals surface area contributed by atoms with Crippen LogP contribution >= 0.6 is 0 Å². The van der Waals surface area contributed by atoms with Gasteiger partial charge in [0, 0.05) is 0 Å². The van der Waals surface area contributed by atoms with Crippen LogP contribution in [0.1, 0.15) is 86.0 Å². The fourth-order valence-corrected chi connectivity index (χ4v) is 3.11. The van der Waals surface area contributed by atoms with Gasteiger partial charge in [0.25, 0.3) is 0 Å². The van der Waals surface area contributed by atoms with Gasteiger partial charge >= 0.3 is 11.9 Å². The molecule has 0 bridgehead atoms. The third-order valence-corrected chi connectivity index (χ3v) is 3.67. The topological polar surface area (TPSA) is 63.6 Å². The van der Waals surface area contributed by atoms with Gasteiger partial charge in [-0.15, -0.1) is 0 Å². The molecule has 0 aliphatic heterocycles. The molecule has 0 amide bonds. The van der Waals surface area contributed by atoms with Crippen LogP contribution in [0.4, 0.5) is 0 Å². The summed E-state index contributed by atoms with van der Waals surface area (Å²) in [6.45, 7) is 10.7. The van der Waals surface area contributed by atoms with E-state index in [1.807, 2.05) is 0 Å². The van der Waals surface area contributed by atoms with E-state index in [1.165, 1.54) is 0 Å². The monoisotopic (exact) mass is 314 g/mol. The quantitative estimate of drug-likeness (QED) is 0.415. The maximum atomic E-state index is 12.1. The van der Waals surface area contributed by atoms with Crippen LogP contribution in [0.5, 0.6) is 0 Å². The summed E-state index contributed by atoms with van der Waals surface area (Å²) in [5.74, 6) is -0.457. The molecule has 0 unspecified atom stereocenters. The Kier molecular flexibility index (Phi) is 10.1. The van der Waals surface area contributed by atoms with Crippen LogP contribution < -0.4 is 0 Å². The molecule has 0 heterocycles. The second kappa shape index (κ2) is 10.6.